The molecule has 4 aliphatic heterocycles. The Bertz CT molecular complexity index is 1410. The summed E-state index contributed by atoms with van der Waals surface area (Å²) in [4.78, 5) is 52.1. The second-order valence-electron chi connectivity index (χ2n) is 14.2. The van der Waals surface area contributed by atoms with Gasteiger partial charge in [0.1, 0.15) is 0 Å². The van der Waals surface area contributed by atoms with Crippen molar-refractivity contribution in [1.29, 1.82) is 0 Å². The number of nitrogens with one attached hydrogen (secondary N) is 1. The van der Waals surface area contributed by atoms with Crippen LogP contribution in [0.2, 0.25) is 0 Å². The lowest BCUT2D eigenvalue weighted by atomic mass is 9.91. The van der Waals surface area contributed by atoms with E-state index in [1.165, 1.54) is 11.1 Å². The lowest BCUT2D eigenvalue weighted by Crippen LogP contribution is -2.54. The standard InChI is InChI=1S/C38H54N6O3/c1-4-40-21-23-41(24-22-40)33-12-18-43(19-13-33)37(46)32(26-30-10-9-28(2)29(3)25-30)27-36(45)42-16-14-34(15-17-42)44-20-11-31-7-5-6-8-35(31)39-38(44)47/h5-10,25,32-34H,4,11-24,26-27H2,1-3H3,(H,39,47). The lowest BCUT2D eigenvalue weighted by molar-refractivity contribution is -0.143. The molecular formula is C38H54N6O3. The van der Waals surface area contributed by atoms with Crippen LogP contribution in [-0.4, -0.2) is 120 Å². The van der Waals surface area contributed by atoms with E-state index < -0.39 is 0 Å². The van der Waals surface area contributed by atoms with E-state index in [0.29, 0.717) is 32.1 Å². The fourth-order valence-electron chi connectivity index (χ4n) is 8.12. The molecule has 1 unspecified atom stereocenters. The van der Waals surface area contributed by atoms with Gasteiger partial charge in [0.25, 0.3) is 0 Å². The van der Waals surface area contributed by atoms with E-state index in [2.05, 4.69) is 60.2 Å². The molecule has 1 N–H and O–H groups in total. The third kappa shape index (κ3) is 8.00. The molecule has 9 nitrogen and oxygen atoms in total. The largest absolute Gasteiger partial charge is 0.343 e. The Balaban J connectivity index is 1.06. The molecule has 0 aliphatic carbocycles. The second-order valence-corrected chi connectivity index (χ2v) is 14.2. The van der Waals surface area contributed by atoms with Crippen molar-refractivity contribution in [3.8, 4) is 0 Å². The first kappa shape index (κ1) is 33.5. The predicted molar refractivity (Wildman–Crippen MR) is 186 cm³/mol. The molecule has 0 radical (unpaired) electrons. The van der Waals surface area contributed by atoms with Crippen LogP contribution in [-0.2, 0) is 22.4 Å². The van der Waals surface area contributed by atoms with Gasteiger partial charge in [0.05, 0.1) is 5.92 Å². The molecule has 4 aliphatic rings. The van der Waals surface area contributed by atoms with E-state index in [1.807, 2.05) is 32.9 Å². The molecule has 0 spiro atoms. The van der Waals surface area contributed by atoms with Gasteiger partial charge >= 0.3 is 6.03 Å². The van der Waals surface area contributed by atoms with Crippen LogP contribution >= 0.6 is 0 Å². The molecule has 3 fully saturated rings. The number of urea groups is 1. The van der Waals surface area contributed by atoms with Crippen molar-refractivity contribution in [3.63, 3.8) is 0 Å². The Hall–Kier alpha value is -3.43. The quantitative estimate of drug-likeness (QED) is 0.457. The third-order valence-corrected chi connectivity index (χ3v) is 11.4. The summed E-state index contributed by atoms with van der Waals surface area (Å²) in [5, 5.41) is 3.09. The molecule has 47 heavy (non-hydrogen) atoms. The number of rotatable bonds is 8. The zero-order chi connectivity index (χ0) is 32.9. The Morgan fingerprint density at radius 2 is 1.49 bits per heavy atom. The maximum atomic E-state index is 14.1. The van der Waals surface area contributed by atoms with Crippen molar-refractivity contribution >= 4 is 23.5 Å². The topological polar surface area (TPSA) is 79.4 Å². The molecule has 1 atom stereocenters. The van der Waals surface area contributed by atoms with Crippen molar-refractivity contribution < 1.29 is 14.4 Å². The first-order valence-corrected chi connectivity index (χ1v) is 18.0. The van der Waals surface area contributed by atoms with E-state index >= 15 is 0 Å². The number of likely N-dealkylation sites (tertiary alicyclic amines) is 2. The van der Waals surface area contributed by atoms with Crippen LogP contribution in [0.1, 0.15) is 61.3 Å². The number of amides is 4. The maximum Gasteiger partial charge on any atom is 0.322 e. The van der Waals surface area contributed by atoms with E-state index in [4.69, 9.17) is 0 Å². The summed E-state index contributed by atoms with van der Waals surface area (Å²) in [5.41, 5.74) is 5.63. The highest BCUT2D eigenvalue weighted by Crippen LogP contribution is 2.27. The fourth-order valence-corrected chi connectivity index (χ4v) is 8.12. The molecule has 2 aromatic rings. The third-order valence-electron chi connectivity index (χ3n) is 11.4. The second kappa shape index (κ2) is 15.2. The molecule has 4 amide bonds. The number of fused-ring (bicyclic) bond motifs is 1. The number of para-hydroxylation sites is 1. The van der Waals surface area contributed by atoms with E-state index in [1.54, 1.807) is 0 Å². The normalized spacial score (nSPS) is 21.3. The van der Waals surface area contributed by atoms with Gasteiger partial charge in [0.15, 0.2) is 0 Å². The van der Waals surface area contributed by atoms with Crippen LogP contribution in [0.4, 0.5) is 10.5 Å². The van der Waals surface area contributed by atoms with Crippen molar-refractivity contribution in [2.24, 2.45) is 5.92 Å². The predicted octanol–water partition coefficient (Wildman–Crippen LogP) is 4.56. The molecule has 2 aromatic carbocycles. The smallest absolute Gasteiger partial charge is 0.322 e. The first-order valence-electron chi connectivity index (χ1n) is 18.0. The molecule has 6 rings (SSSR count). The monoisotopic (exact) mass is 642 g/mol. The van der Waals surface area contributed by atoms with Gasteiger partial charge in [-0.1, -0.05) is 43.3 Å². The minimum absolute atomic E-state index is 0.0502. The first-order chi connectivity index (χ1) is 22.8. The Labute approximate surface area is 281 Å². The number of anilines is 1. The number of benzene rings is 2. The average molecular weight is 643 g/mol. The molecule has 0 saturated carbocycles. The van der Waals surface area contributed by atoms with Gasteiger partial charge in [-0.15, -0.1) is 0 Å². The Morgan fingerprint density at radius 1 is 0.809 bits per heavy atom. The zero-order valence-electron chi connectivity index (χ0n) is 28.8. The summed E-state index contributed by atoms with van der Waals surface area (Å²) < 4.78 is 0. The minimum Gasteiger partial charge on any atom is -0.343 e. The highest BCUT2D eigenvalue weighted by Gasteiger charge is 2.35. The summed E-state index contributed by atoms with van der Waals surface area (Å²) >= 11 is 0. The number of carbonyl (C=O) groups is 3. The van der Waals surface area contributed by atoms with Gasteiger partial charge in [-0.3, -0.25) is 14.5 Å². The number of hydrogen-bond donors (Lipinski definition) is 1. The number of aryl methyl sites for hydroxylation is 2. The number of likely N-dealkylation sites (N-methyl/N-ethyl adjacent to an activating group) is 1. The van der Waals surface area contributed by atoms with E-state index in [9.17, 15) is 14.4 Å². The summed E-state index contributed by atoms with van der Waals surface area (Å²) in [7, 11) is 0. The van der Waals surface area contributed by atoms with Crippen LogP contribution in [0.5, 0.6) is 0 Å². The van der Waals surface area contributed by atoms with Crippen molar-refractivity contribution in [1.82, 2.24) is 24.5 Å². The van der Waals surface area contributed by atoms with E-state index in [-0.39, 0.29) is 36.2 Å². The van der Waals surface area contributed by atoms with Crippen molar-refractivity contribution in [2.45, 2.75) is 77.8 Å². The molecular weight excluding hydrogens is 588 g/mol. The van der Waals surface area contributed by atoms with Crippen molar-refractivity contribution in [2.75, 3.05) is 70.8 Å². The highest BCUT2D eigenvalue weighted by atomic mass is 16.2. The molecule has 9 heteroatoms. The summed E-state index contributed by atoms with van der Waals surface area (Å²) in [6, 6.07) is 15.0. The zero-order valence-corrected chi connectivity index (χ0v) is 28.8. The Kier molecular flexibility index (Phi) is 10.8. The number of hydrogen-bond acceptors (Lipinski definition) is 5. The van der Waals surface area contributed by atoms with Crippen LogP contribution in [0, 0.1) is 19.8 Å². The molecule has 3 saturated heterocycles. The lowest BCUT2D eigenvalue weighted by Gasteiger charge is -2.43. The maximum absolute atomic E-state index is 14.1. The van der Waals surface area contributed by atoms with Gasteiger partial charge in [-0.05, 0) is 87.2 Å². The summed E-state index contributed by atoms with van der Waals surface area (Å²) in [6.45, 7) is 15.5. The molecule has 254 valence electrons. The molecule has 0 bridgehead atoms. The summed E-state index contributed by atoms with van der Waals surface area (Å²) in [5.74, 6) is -0.189. The van der Waals surface area contributed by atoms with Gasteiger partial charge in [-0.2, -0.15) is 0 Å². The Morgan fingerprint density at radius 3 is 2.19 bits per heavy atom. The van der Waals surface area contributed by atoms with Gasteiger partial charge in [0, 0.05) is 83.1 Å². The van der Waals surface area contributed by atoms with Crippen LogP contribution in [0.25, 0.3) is 0 Å². The number of piperazine rings is 1. The van der Waals surface area contributed by atoms with Crippen LogP contribution in [0.3, 0.4) is 0 Å². The average Bonchev–Trinajstić information content (AvgIpc) is 3.27. The molecule has 0 aromatic heterocycles. The number of nitrogens with zero attached hydrogens (tertiary/aromatic N) is 5. The van der Waals surface area contributed by atoms with Gasteiger partial charge < -0.3 is 24.9 Å². The summed E-state index contributed by atoms with van der Waals surface area (Å²) in [6.07, 6.45) is 5.15. The minimum atomic E-state index is -0.373. The van der Waals surface area contributed by atoms with E-state index in [0.717, 1.165) is 94.7 Å². The van der Waals surface area contributed by atoms with Crippen molar-refractivity contribution in [3.05, 3.63) is 64.7 Å². The molecule has 4 heterocycles. The van der Waals surface area contributed by atoms with Crippen LogP contribution in [0.15, 0.2) is 42.5 Å². The SMILES string of the molecule is CCN1CCN(C2CCN(C(=O)C(CC(=O)N3CCC(N4CCc5ccccc5NC4=O)CC3)Cc3ccc(C)c(C)c3)CC2)CC1. The van der Waals surface area contributed by atoms with Gasteiger partial charge in [0.2, 0.25) is 11.8 Å². The number of carbonyl (C=O) groups excluding carboxylic acids is 3. The highest BCUT2D eigenvalue weighted by molar-refractivity contribution is 5.91. The number of piperidine rings is 2. The van der Waals surface area contributed by atoms with Crippen LogP contribution < -0.4 is 5.32 Å². The van der Waals surface area contributed by atoms with Gasteiger partial charge in [-0.25, -0.2) is 4.79 Å². The fraction of sp³-hybridized carbons (Fsp3) is 0.605.